The smallest absolute Gasteiger partial charge is 0.269 e. The van der Waals surface area contributed by atoms with E-state index in [1.165, 1.54) is 25.3 Å². The van der Waals surface area contributed by atoms with Crippen LogP contribution in [-0.4, -0.2) is 17.0 Å². The molecule has 104 valence electrons. The van der Waals surface area contributed by atoms with E-state index in [1.807, 2.05) is 0 Å². The number of aromatic nitrogens is 1. The molecular weight excluding hydrogens is 282 g/mol. The molecule has 0 fully saturated rings. The molecule has 2 aromatic rings. The molecule has 0 spiro atoms. The van der Waals surface area contributed by atoms with Crippen LogP contribution in [0.3, 0.4) is 0 Å². The number of nitro benzene ring substituents is 1. The number of pyridine rings is 1. The fourth-order valence-corrected chi connectivity index (χ4v) is 1.87. The molecule has 0 amide bonds. The minimum atomic E-state index is -0.454. The van der Waals surface area contributed by atoms with Crippen molar-refractivity contribution in [1.82, 2.24) is 4.98 Å². The Hall–Kier alpha value is -2.34. The Kier molecular flexibility index (Phi) is 4.37. The third kappa shape index (κ3) is 3.16. The van der Waals surface area contributed by atoms with Crippen LogP contribution in [0.25, 0.3) is 0 Å². The monoisotopic (exact) mass is 293 g/mol. The number of nitro groups is 1. The van der Waals surface area contributed by atoms with Gasteiger partial charge in [-0.25, -0.2) is 4.98 Å². The van der Waals surface area contributed by atoms with Crippen molar-refractivity contribution in [3.05, 3.63) is 57.2 Å². The van der Waals surface area contributed by atoms with Gasteiger partial charge in [-0.05, 0) is 23.8 Å². The average molecular weight is 294 g/mol. The van der Waals surface area contributed by atoms with E-state index in [2.05, 4.69) is 10.3 Å². The molecule has 1 heterocycles. The molecule has 1 aromatic heterocycles. The summed E-state index contributed by atoms with van der Waals surface area (Å²) in [5.74, 6) is 0.453. The van der Waals surface area contributed by atoms with E-state index in [0.717, 1.165) is 0 Å². The zero-order valence-corrected chi connectivity index (χ0v) is 11.4. The van der Waals surface area contributed by atoms with E-state index < -0.39 is 4.92 Å². The van der Waals surface area contributed by atoms with Gasteiger partial charge in [-0.2, -0.15) is 0 Å². The summed E-state index contributed by atoms with van der Waals surface area (Å²) in [6, 6.07) is 7.89. The minimum Gasteiger partial charge on any atom is -0.480 e. The number of methoxy groups -OCH3 is 1. The standard InChI is InChI=1S/C13H12ClN3O3/c1-20-13-12(3-2-6-15-13)16-8-9-7-10(17(18)19)4-5-11(9)14/h2-7,16H,8H2,1H3. The predicted molar refractivity (Wildman–Crippen MR) is 76.2 cm³/mol. The lowest BCUT2D eigenvalue weighted by Gasteiger charge is -2.10. The van der Waals surface area contributed by atoms with Crippen molar-refractivity contribution in [2.24, 2.45) is 0 Å². The molecule has 0 bridgehead atoms. The Morgan fingerprint density at radius 2 is 2.25 bits per heavy atom. The van der Waals surface area contributed by atoms with Gasteiger partial charge in [0.05, 0.1) is 17.7 Å². The number of rotatable bonds is 5. The highest BCUT2D eigenvalue weighted by atomic mass is 35.5. The van der Waals surface area contributed by atoms with Gasteiger partial charge >= 0.3 is 0 Å². The highest BCUT2D eigenvalue weighted by Gasteiger charge is 2.10. The topological polar surface area (TPSA) is 77.3 Å². The van der Waals surface area contributed by atoms with Crippen LogP contribution in [0.2, 0.25) is 5.02 Å². The molecular formula is C13H12ClN3O3. The summed E-state index contributed by atoms with van der Waals surface area (Å²) >= 11 is 6.03. The fraction of sp³-hybridized carbons (Fsp3) is 0.154. The zero-order valence-electron chi connectivity index (χ0n) is 10.7. The van der Waals surface area contributed by atoms with Crippen molar-refractivity contribution in [3.63, 3.8) is 0 Å². The van der Waals surface area contributed by atoms with Crippen LogP contribution in [-0.2, 0) is 6.54 Å². The lowest BCUT2D eigenvalue weighted by Crippen LogP contribution is -2.03. The molecule has 7 heteroatoms. The number of non-ortho nitro benzene ring substituents is 1. The summed E-state index contributed by atoms with van der Waals surface area (Å²) < 4.78 is 5.11. The number of anilines is 1. The van der Waals surface area contributed by atoms with Crippen molar-refractivity contribution < 1.29 is 9.66 Å². The third-order valence-electron chi connectivity index (χ3n) is 2.67. The van der Waals surface area contributed by atoms with Crippen molar-refractivity contribution in [2.75, 3.05) is 12.4 Å². The molecule has 0 aliphatic rings. The maximum absolute atomic E-state index is 10.8. The van der Waals surface area contributed by atoms with Gasteiger partial charge in [0.15, 0.2) is 0 Å². The molecule has 0 saturated carbocycles. The normalized spacial score (nSPS) is 10.1. The van der Waals surface area contributed by atoms with E-state index in [0.29, 0.717) is 28.7 Å². The number of nitrogens with zero attached hydrogens (tertiary/aromatic N) is 2. The van der Waals surface area contributed by atoms with Crippen LogP contribution >= 0.6 is 11.6 Å². The van der Waals surface area contributed by atoms with Gasteiger partial charge in [0.1, 0.15) is 0 Å². The first-order valence-corrected chi connectivity index (χ1v) is 6.15. The molecule has 1 aromatic carbocycles. The maximum Gasteiger partial charge on any atom is 0.269 e. The van der Waals surface area contributed by atoms with E-state index in [9.17, 15) is 10.1 Å². The van der Waals surface area contributed by atoms with Gasteiger partial charge < -0.3 is 10.1 Å². The van der Waals surface area contributed by atoms with Gasteiger partial charge in [0.2, 0.25) is 5.88 Å². The lowest BCUT2D eigenvalue weighted by atomic mass is 10.2. The van der Waals surface area contributed by atoms with E-state index in [4.69, 9.17) is 16.3 Å². The van der Waals surface area contributed by atoms with Crippen LogP contribution in [0.1, 0.15) is 5.56 Å². The first-order chi connectivity index (χ1) is 9.61. The average Bonchev–Trinajstić information content (AvgIpc) is 2.46. The number of hydrogen-bond donors (Lipinski definition) is 1. The Labute approximate surface area is 120 Å². The Morgan fingerprint density at radius 3 is 2.95 bits per heavy atom. The van der Waals surface area contributed by atoms with Crippen molar-refractivity contribution in [2.45, 2.75) is 6.54 Å². The molecule has 0 saturated heterocycles. The summed E-state index contributed by atoms with van der Waals surface area (Å²) in [5, 5.41) is 14.3. The SMILES string of the molecule is COc1ncccc1NCc1cc([N+](=O)[O-])ccc1Cl. The first-order valence-electron chi connectivity index (χ1n) is 5.77. The van der Waals surface area contributed by atoms with E-state index in [-0.39, 0.29) is 5.69 Å². The van der Waals surface area contributed by atoms with Crippen molar-refractivity contribution in [1.29, 1.82) is 0 Å². The van der Waals surface area contributed by atoms with Crippen LogP contribution in [0.4, 0.5) is 11.4 Å². The highest BCUT2D eigenvalue weighted by molar-refractivity contribution is 6.31. The quantitative estimate of drug-likeness (QED) is 0.676. The van der Waals surface area contributed by atoms with Crippen LogP contribution in [0, 0.1) is 10.1 Å². The number of nitrogens with one attached hydrogen (secondary N) is 1. The Balaban J connectivity index is 2.18. The highest BCUT2D eigenvalue weighted by Crippen LogP contribution is 2.25. The van der Waals surface area contributed by atoms with E-state index >= 15 is 0 Å². The largest absolute Gasteiger partial charge is 0.480 e. The second-order valence-electron chi connectivity index (χ2n) is 3.95. The summed E-state index contributed by atoms with van der Waals surface area (Å²) in [4.78, 5) is 14.3. The molecule has 0 unspecified atom stereocenters. The Morgan fingerprint density at radius 1 is 1.45 bits per heavy atom. The van der Waals surface area contributed by atoms with Gasteiger partial charge in [0, 0.05) is 29.9 Å². The zero-order chi connectivity index (χ0) is 14.5. The molecule has 6 nitrogen and oxygen atoms in total. The van der Waals surface area contributed by atoms with Crippen LogP contribution in [0.15, 0.2) is 36.5 Å². The third-order valence-corrected chi connectivity index (χ3v) is 3.04. The first kappa shape index (κ1) is 14.1. The van der Waals surface area contributed by atoms with Gasteiger partial charge in [-0.15, -0.1) is 0 Å². The molecule has 1 N–H and O–H groups in total. The Bertz CT molecular complexity index is 634. The summed E-state index contributed by atoms with van der Waals surface area (Å²) in [5.41, 5.74) is 1.33. The van der Waals surface area contributed by atoms with E-state index in [1.54, 1.807) is 18.3 Å². The molecule has 20 heavy (non-hydrogen) atoms. The number of benzene rings is 1. The van der Waals surface area contributed by atoms with Crippen molar-refractivity contribution >= 4 is 23.0 Å². The summed E-state index contributed by atoms with van der Waals surface area (Å²) in [6.45, 7) is 0.336. The second-order valence-corrected chi connectivity index (χ2v) is 4.35. The minimum absolute atomic E-state index is 0.00403. The van der Waals surface area contributed by atoms with Crippen LogP contribution < -0.4 is 10.1 Å². The molecule has 0 aliphatic heterocycles. The second kappa shape index (κ2) is 6.21. The fourth-order valence-electron chi connectivity index (χ4n) is 1.69. The molecule has 0 radical (unpaired) electrons. The summed E-state index contributed by atoms with van der Waals surface area (Å²) in [7, 11) is 1.52. The molecule has 2 rings (SSSR count). The maximum atomic E-state index is 10.8. The van der Waals surface area contributed by atoms with Gasteiger partial charge in [-0.3, -0.25) is 10.1 Å². The van der Waals surface area contributed by atoms with Gasteiger partial charge in [-0.1, -0.05) is 11.6 Å². The lowest BCUT2D eigenvalue weighted by molar-refractivity contribution is -0.384. The summed E-state index contributed by atoms with van der Waals surface area (Å²) in [6.07, 6.45) is 1.62. The van der Waals surface area contributed by atoms with Crippen molar-refractivity contribution in [3.8, 4) is 5.88 Å². The predicted octanol–water partition coefficient (Wildman–Crippen LogP) is 3.26. The number of ether oxygens (including phenoxy) is 1. The van der Waals surface area contributed by atoms with Gasteiger partial charge in [0.25, 0.3) is 5.69 Å². The molecule has 0 aliphatic carbocycles. The number of halogens is 1. The molecule has 0 atom stereocenters. The number of hydrogen-bond acceptors (Lipinski definition) is 5. The van der Waals surface area contributed by atoms with Crippen LogP contribution in [0.5, 0.6) is 5.88 Å².